The molecule has 0 aliphatic rings. The number of benzene rings is 3. The first kappa shape index (κ1) is 20.1. The van der Waals surface area contributed by atoms with E-state index in [4.69, 9.17) is 0 Å². The number of hydrogen-bond donors (Lipinski definition) is 2. The molecule has 0 unspecified atom stereocenters. The van der Waals surface area contributed by atoms with E-state index in [9.17, 15) is 16.8 Å². The molecule has 3 aromatic rings. The molecule has 146 valence electrons. The molecular weight excluding hydrogens is 396 g/mol. The molecule has 6 nitrogen and oxygen atoms in total. The van der Waals surface area contributed by atoms with Crippen molar-refractivity contribution in [3.8, 4) is 0 Å². The van der Waals surface area contributed by atoms with E-state index in [2.05, 4.69) is 9.44 Å². The van der Waals surface area contributed by atoms with Crippen molar-refractivity contribution in [3.63, 3.8) is 0 Å². The predicted octanol–water partition coefficient (Wildman–Crippen LogP) is 3.27. The molecule has 0 saturated carbocycles. The van der Waals surface area contributed by atoms with Crippen molar-refractivity contribution in [2.24, 2.45) is 0 Å². The van der Waals surface area contributed by atoms with Crippen LogP contribution in [0.15, 0.2) is 88.7 Å². The zero-order chi connectivity index (χ0) is 20.2. The molecule has 2 N–H and O–H groups in total. The van der Waals surface area contributed by atoms with E-state index < -0.39 is 20.0 Å². The van der Waals surface area contributed by atoms with Gasteiger partial charge in [-0.1, -0.05) is 48.0 Å². The first-order valence-electron chi connectivity index (χ1n) is 8.49. The zero-order valence-electron chi connectivity index (χ0n) is 15.2. The summed E-state index contributed by atoms with van der Waals surface area (Å²) in [5, 5.41) is 0. The number of rotatable bonds is 7. The molecule has 0 fully saturated rings. The summed E-state index contributed by atoms with van der Waals surface area (Å²) in [6, 6.07) is 21.2. The van der Waals surface area contributed by atoms with Gasteiger partial charge in [-0.3, -0.25) is 4.72 Å². The van der Waals surface area contributed by atoms with E-state index >= 15 is 0 Å². The minimum Gasteiger partial charge on any atom is -0.280 e. The van der Waals surface area contributed by atoms with Gasteiger partial charge in [0.2, 0.25) is 10.0 Å². The van der Waals surface area contributed by atoms with Crippen LogP contribution >= 0.6 is 0 Å². The Morgan fingerprint density at radius 3 is 1.82 bits per heavy atom. The maximum absolute atomic E-state index is 12.4. The van der Waals surface area contributed by atoms with Crippen LogP contribution < -0.4 is 9.44 Å². The van der Waals surface area contributed by atoms with Gasteiger partial charge in [-0.15, -0.1) is 0 Å². The highest BCUT2D eigenvalue weighted by Gasteiger charge is 2.16. The van der Waals surface area contributed by atoms with Gasteiger partial charge in [0.05, 0.1) is 9.79 Å². The summed E-state index contributed by atoms with van der Waals surface area (Å²) in [5.41, 5.74) is 2.08. The van der Waals surface area contributed by atoms with Crippen molar-refractivity contribution in [3.05, 3.63) is 90.0 Å². The molecule has 0 aromatic heterocycles. The van der Waals surface area contributed by atoms with Crippen molar-refractivity contribution in [1.29, 1.82) is 0 Å². The quantitative estimate of drug-likeness (QED) is 0.618. The van der Waals surface area contributed by atoms with Crippen LogP contribution in [0.5, 0.6) is 0 Å². The highest BCUT2D eigenvalue weighted by Crippen LogP contribution is 2.19. The predicted molar refractivity (Wildman–Crippen MR) is 109 cm³/mol. The summed E-state index contributed by atoms with van der Waals surface area (Å²) in [4.78, 5) is 0.195. The Bertz CT molecular complexity index is 1140. The number of anilines is 1. The van der Waals surface area contributed by atoms with Crippen LogP contribution in [0.1, 0.15) is 11.1 Å². The molecule has 0 atom stereocenters. The fourth-order valence-corrected chi connectivity index (χ4v) is 4.57. The normalized spacial score (nSPS) is 11.9. The van der Waals surface area contributed by atoms with Gasteiger partial charge in [-0.2, -0.15) is 0 Å². The zero-order valence-corrected chi connectivity index (χ0v) is 16.8. The van der Waals surface area contributed by atoms with Crippen LogP contribution in [-0.4, -0.2) is 16.8 Å². The summed E-state index contributed by atoms with van der Waals surface area (Å²) in [6.45, 7) is 2.04. The molecule has 3 rings (SSSR count). The minimum atomic E-state index is -3.74. The third-order valence-corrected chi connectivity index (χ3v) is 6.87. The Kier molecular flexibility index (Phi) is 5.83. The van der Waals surface area contributed by atoms with Crippen molar-refractivity contribution in [2.45, 2.75) is 23.3 Å². The van der Waals surface area contributed by atoms with E-state index in [-0.39, 0.29) is 22.0 Å². The first-order valence-corrected chi connectivity index (χ1v) is 11.5. The molecule has 0 saturated heterocycles. The van der Waals surface area contributed by atoms with E-state index in [1.165, 1.54) is 36.4 Å². The highest BCUT2D eigenvalue weighted by atomic mass is 32.2. The molecule has 28 heavy (non-hydrogen) atoms. The molecule has 0 radical (unpaired) electrons. The third kappa shape index (κ3) is 4.98. The van der Waals surface area contributed by atoms with Gasteiger partial charge >= 0.3 is 0 Å². The van der Waals surface area contributed by atoms with Crippen LogP contribution in [-0.2, 0) is 26.6 Å². The molecule has 8 heteroatoms. The van der Waals surface area contributed by atoms with Crippen LogP contribution in [0.25, 0.3) is 0 Å². The second-order valence-electron chi connectivity index (χ2n) is 6.25. The highest BCUT2D eigenvalue weighted by molar-refractivity contribution is 7.92. The third-order valence-electron chi connectivity index (χ3n) is 4.06. The van der Waals surface area contributed by atoms with Gasteiger partial charge in [0.25, 0.3) is 10.0 Å². The Morgan fingerprint density at radius 2 is 1.21 bits per heavy atom. The Labute approximate surface area is 165 Å². The smallest absolute Gasteiger partial charge is 0.261 e. The lowest BCUT2D eigenvalue weighted by atomic mass is 10.2. The number of sulfonamides is 2. The lowest BCUT2D eigenvalue weighted by Gasteiger charge is -2.10. The summed E-state index contributed by atoms with van der Waals surface area (Å²) < 4.78 is 54.6. The van der Waals surface area contributed by atoms with Crippen LogP contribution in [0, 0.1) is 6.92 Å². The fraction of sp³-hybridized carbons (Fsp3) is 0.100. The standard InChI is InChI=1S/C20H20N2O4S2/c1-16-7-11-20(12-8-16)28(25,26)22-18-9-13-19(14-10-18)27(23,24)21-15-17-5-3-2-4-6-17/h2-14,21-22H,15H2,1H3. The Balaban J connectivity index is 1.71. The maximum Gasteiger partial charge on any atom is 0.261 e. The van der Waals surface area contributed by atoms with Crippen LogP contribution in [0.2, 0.25) is 0 Å². The second kappa shape index (κ2) is 8.14. The molecule has 0 heterocycles. The second-order valence-corrected chi connectivity index (χ2v) is 9.70. The van der Waals surface area contributed by atoms with Crippen molar-refractivity contribution < 1.29 is 16.8 Å². The summed E-state index contributed by atoms with van der Waals surface area (Å²) in [7, 11) is -7.44. The van der Waals surface area contributed by atoms with Crippen molar-refractivity contribution >= 4 is 25.7 Å². The van der Waals surface area contributed by atoms with E-state index in [0.717, 1.165) is 11.1 Å². The fourth-order valence-electron chi connectivity index (χ4n) is 2.49. The monoisotopic (exact) mass is 416 g/mol. The van der Waals surface area contributed by atoms with E-state index in [1.807, 2.05) is 37.3 Å². The Morgan fingerprint density at radius 1 is 0.679 bits per heavy atom. The van der Waals surface area contributed by atoms with Gasteiger partial charge in [0.1, 0.15) is 0 Å². The van der Waals surface area contributed by atoms with Gasteiger partial charge in [-0.05, 0) is 48.9 Å². The van der Waals surface area contributed by atoms with E-state index in [0.29, 0.717) is 0 Å². The maximum atomic E-state index is 12.4. The topological polar surface area (TPSA) is 92.3 Å². The molecular formula is C20H20N2O4S2. The number of aryl methyl sites for hydroxylation is 1. The number of nitrogens with one attached hydrogen (secondary N) is 2. The Hall–Kier alpha value is -2.68. The first-order chi connectivity index (χ1) is 13.3. The lowest BCUT2D eigenvalue weighted by molar-refractivity contribution is 0.581. The SMILES string of the molecule is Cc1ccc(S(=O)(=O)Nc2ccc(S(=O)(=O)NCc3ccccc3)cc2)cc1. The largest absolute Gasteiger partial charge is 0.280 e. The van der Waals surface area contributed by atoms with Crippen LogP contribution in [0.3, 0.4) is 0 Å². The average Bonchev–Trinajstić information content (AvgIpc) is 2.68. The van der Waals surface area contributed by atoms with Crippen molar-refractivity contribution in [1.82, 2.24) is 4.72 Å². The number of hydrogen-bond acceptors (Lipinski definition) is 4. The van der Waals surface area contributed by atoms with Crippen LogP contribution in [0.4, 0.5) is 5.69 Å². The molecule has 0 aliphatic carbocycles. The average molecular weight is 417 g/mol. The van der Waals surface area contributed by atoms with Gasteiger partial charge in [0, 0.05) is 12.2 Å². The van der Waals surface area contributed by atoms with Gasteiger partial charge < -0.3 is 0 Å². The van der Waals surface area contributed by atoms with E-state index in [1.54, 1.807) is 12.1 Å². The van der Waals surface area contributed by atoms with Gasteiger partial charge in [-0.25, -0.2) is 21.6 Å². The van der Waals surface area contributed by atoms with Gasteiger partial charge in [0.15, 0.2) is 0 Å². The lowest BCUT2D eigenvalue weighted by Crippen LogP contribution is -2.23. The minimum absolute atomic E-state index is 0.0571. The molecule has 0 aliphatic heterocycles. The molecule has 0 amide bonds. The molecule has 0 bridgehead atoms. The molecule has 3 aromatic carbocycles. The summed E-state index contributed by atoms with van der Waals surface area (Å²) in [6.07, 6.45) is 0. The molecule has 0 spiro atoms. The summed E-state index contributed by atoms with van der Waals surface area (Å²) in [5.74, 6) is 0. The van der Waals surface area contributed by atoms with Crippen molar-refractivity contribution in [2.75, 3.05) is 4.72 Å². The summed E-state index contributed by atoms with van der Waals surface area (Å²) >= 11 is 0.